The summed E-state index contributed by atoms with van der Waals surface area (Å²) < 4.78 is 28.6. The third kappa shape index (κ3) is 3.60. The van der Waals surface area contributed by atoms with Gasteiger partial charge in [0.2, 0.25) is 10.0 Å². The zero-order chi connectivity index (χ0) is 17.3. The lowest BCUT2D eigenvalue weighted by atomic mass is 10.2. The van der Waals surface area contributed by atoms with Crippen LogP contribution in [0.1, 0.15) is 5.56 Å². The van der Waals surface area contributed by atoms with Gasteiger partial charge in [-0.15, -0.1) is 0 Å². The van der Waals surface area contributed by atoms with Crippen molar-refractivity contribution in [2.75, 3.05) is 11.0 Å². The molecule has 3 rings (SSSR count). The zero-order valence-electron chi connectivity index (χ0n) is 13.5. The molecular weight excluding hydrogens is 344 g/mol. The number of aromatic nitrogens is 1. The molecule has 0 aliphatic carbocycles. The monoisotopic (exact) mass is 361 g/mol. The predicted molar refractivity (Wildman–Crippen MR) is 96.8 cm³/mol. The first kappa shape index (κ1) is 16.5. The van der Waals surface area contributed by atoms with Crippen LogP contribution in [0.5, 0.6) is 0 Å². The number of hydrogen-bond donors (Lipinski definition) is 1. The van der Waals surface area contributed by atoms with Crippen molar-refractivity contribution >= 4 is 48.1 Å². The molecule has 1 N–H and O–H groups in total. The van der Waals surface area contributed by atoms with Crippen molar-refractivity contribution < 1.29 is 13.0 Å². The van der Waals surface area contributed by atoms with Crippen LogP contribution in [0.3, 0.4) is 0 Å². The lowest BCUT2D eigenvalue weighted by Crippen LogP contribution is -2.25. The third-order valence-corrected chi connectivity index (χ3v) is 5.10. The van der Waals surface area contributed by atoms with E-state index in [1.54, 1.807) is 12.1 Å². The van der Waals surface area contributed by atoms with Crippen molar-refractivity contribution in [3.8, 4) is 0 Å². The van der Waals surface area contributed by atoms with E-state index in [0.717, 1.165) is 27.2 Å². The summed E-state index contributed by atoms with van der Waals surface area (Å²) >= 11 is 1.53. The van der Waals surface area contributed by atoms with Crippen LogP contribution in [0.15, 0.2) is 52.7 Å². The number of hydrogen-bond acceptors (Lipinski definition) is 5. The molecule has 6 nitrogen and oxygen atoms in total. The van der Waals surface area contributed by atoms with Gasteiger partial charge in [-0.2, -0.15) is 0 Å². The number of rotatable bonds is 4. The number of aryl methyl sites for hydroxylation is 2. The Kier molecular flexibility index (Phi) is 4.33. The van der Waals surface area contributed by atoms with Gasteiger partial charge in [-0.05, 0) is 53.2 Å². The molecule has 0 aliphatic heterocycles. The molecule has 0 aliphatic rings. The second-order valence-corrected chi connectivity index (χ2v) is 8.26. The quantitative estimate of drug-likeness (QED) is 0.566. The van der Waals surface area contributed by atoms with Crippen molar-refractivity contribution in [3.63, 3.8) is 0 Å². The van der Waals surface area contributed by atoms with Crippen LogP contribution in [0.4, 0.5) is 16.5 Å². The molecule has 24 heavy (non-hydrogen) atoms. The summed E-state index contributed by atoms with van der Waals surface area (Å²) in [5, 5.41) is 9.29. The zero-order valence-corrected chi connectivity index (χ0v) is 15.1. The van der Waals surface area contributed by atoms with Crippen LogP contribution in [-0.2, 0) is 17.1 Å². The largest absolute Gasteiger partial charge is 0.409 e. The molecule has 124 valence electrons. The minimum atomic E-state index is -3.38. The van der Waals surface area contributed by atoms with Crippen LogP contribution in [0, 0.1) is 6.92 Å². The average molecular weight is 361 g/mol. The van der Waals surface area contributed by atoms with E-state index in [-0.39, 0.29) is 0 Å². The smallest absolute Gasteiger partial charge is 0.281 e. The van der Waals surface area contributed by atoms with Gasteiger partial charge in [0.15, 0.2) is 0 Å². The summed E-state index contributed by atoms with van der Waals surface area (Å²) in [5.74, 6) is 0. The van der Waals surface area contributed by atoms with Gasteiger partial charge in [-0.3, -0.25) is 4.72 Å². The summed E-state index contributed by atoms with van der Waals surface area (Å²) in [6, 6.07) is 13.4. The van der Waals surface area contributed by atoms with Crippen LogP contribution in [0.25, 0.3) is 10.2 Å². The van der Waals surface area contributed by atoms with Gasteiger partial charge in [0.1, 0.15) is 11.2 Å². The van der Waals surface area contributed by atoms with E-state index in [1.807, 2.05) is 48.9 Å². The first-order valence-corrected chi connectivity index (χ1v) is 9.92. The number of benzene rings is 2. The second kappa shape index (κ2) is 6.29. The van der Waals surface area contributed by atoms with Gasteiger partial charge in [0.25, 0.3) is 0 Å². The molecule has 0 radical (unpaired) electrons. The van der Waals surface area contributed by atoms with Crippen molar-refractivity contribution in [3.05, 3.63) is 48.0 Å². The van der Waals surface area contributed by atoms with Crippen LogP contribution in [0.2, 0.25) is 0 Å². The molecule has 0 unspecified atom stereocenters. The standard InChI is InChI=1S/C16H16N4O2S2/c1-11-8-9-12(13(10-11)19-24(3,21)22)17-18-16-20(2)14-6-4-5-7-15(14)23-16/h4-10H,1-3H3/p+1. The number of anilines is 1. The first-order valence-electron chi connectivity index (χ1n) is 7.21. The fourth-order valence-corrected chi connectivity index (χ4v) is 3.83. The molecule has 8 heteroatoms. The van der Waals surface area contributed by atoms with Crippen LogP contribution in [-0.4, -0.2) is 14.7 Å². The number of para-hydroxylation sites is 1. The van der Waals surface area contributed by atoms with Crippen molar-refractivity contribution in [2.24, 2.45) is 17.3 Å². The number of azo groups is 1. The predicted octanol–water partition coefficient (Wildman–Crippen LogP) is 3.82. The lowest BCUT2D eigenvalue weighted by Gasteiger charge is -2.06. The van der Waals surface area contributed by atoms with Crippen molar-refractivity contribution in [2.45, 2.75) is 6.92 Å². The molecule has 0 amide bonds. The molecule has 0 spiro atoms. The van der Waals surface area contributed by atoms with Gasteiger partial charge in [0, 0.05) is 0 Å². The molecule has 0 atom stereocenters. The number of nitrogens with zero attached hydrogens (tertiary/aromatic N) is 3. The first-order chi connectivity index (χ1) is 11.3. The number of thiazole rings is 1. The molecular formula is C16H17N4O2S2+. The highest BCUT2D eigenvalue weighted by molar-refractivity contribution is 7.92. The Balaban J connectivity index is 2.00. The highest BCUT2D eigenvalue weighted by atomic mass is 32.2. The summed E-state index contributed by atoms with van der Waals surface area (Å²) in [6.45, 7) is 1.89. The minimum absolute atomic E-state index is 0.421. The van der Waals surface area contributed by atoms with Gasteiger partial charge >= 0.3 is 5.13 Å². The Morgan fingerprint density at radius 3 is 2.58 bits per heavy atom. The summed E-state index contributed by atoms with van der Waals surface area (Å²) in [5.41, 5.74) is 2.91. The Morgan fingerprint density at radius 2 is 1.88 bits per heavy atom. The molecule has 1 aromatic heterocycles. The van der Waals surface area contributed by atoms with Crippen molar-refractivity contribution in [1.29, 1.82) is 0 Å². The molecule has 0 bridgehead atoms. The molecule has 0 saturated heterocycles. The van der Waals surface area contributed by atoms with E-state index in [2.05, 4.69) is 15.0 Å². The van der Waals surface area contributed by atoms with E-state index in [9.17, 15) is 8.42 Å². The Labute approximate surface area is 144 Å². The van der Waals surface area contributed by atoms with Gasteiger partial charge in [0.05, 0.1) is 28.8 Å². The maximum Gasteiger partial charge on any atom is 0.409 e. The van der Waals surface area contributed by atoms with Gasteiger partial charge < -0.3 is 0 Å². The van der Waals surface area contributed by atoms with E-state index < -0.39 is 10.0 Å². The molecule has 3 aromatic rings. The lowest BCUT2D eigenvalue weighted by molar-refractivity contribution is -0.627. The summed E-state index contributed by atoms with van der Waals surface area (Å²) in [7, 11) is -1.45. The average Bonchev–Trinajstić information content (AvgIpc) is 2.82. The van der Waals surface area contributed by atoms with E-state index in [1.165, 1.54) is 11.3 Å². The highest BCUT2D eigenvalue weighted by Crippen LogP contribution is 2.31. The fraction of sp³-hybridized carbons (Fsp3) is 0.188. The van der Waals surface area contributed by atoms with E-state index in [0.29, 0.717) is 11.4 Å². The highest BCUT2D eigenvalue weighted by Gasteiger charge is 2.16. The van der Waals surface area contributed by atoms with E-state index >= 15 is 0 Å². The molecule has 1 heterocycles. The van der Waals surface area contributed by atoms with Gasteiger partial charge in [-0.25, -0.2) is 13.0 Å². The third-order valence-electron chi connectivity index (χ3n) is 3.41. The van der Waals surface area contributed by atoms with E-state index in [4.69, 9.17) is 0 Å². The normalized spacial score (nSPS) is 12.1. The molecule has 0 fully saturated rings. The maximum atomic E-state index is 11.5. The minimum Gasteiger partial charge on any atom is -0.281 e. The molecule has 2 aromatic carbocycles. The number of nitrogens with one attached hydrogen (secondary N) is 1. The molecule has 0 saturated carbocycles. The fourth-order valence-electron chi connectivity index (χ4n) is 2.29. The number of sulfonamides is 1. The SMILES string of the molecule is Cc1ccc(N=Nc2sc3ccccc3[n+]2C)c(NS(C)(=O)=O)c1. The summed E-state index contributed by atoms with van der Waals surface area (Å²) in [6.07, 6.45) is 1.11. The van der Waals surface area contributed by atoms with Crippen LogP contribution >= 0.6 is 11.3 Å². The summed E-state index contributed by atoms with van der Waals surface area (Å²) in [4.78, 5) is 0. The Morgan fingerprint density at radius 1 is 1.12 bits per heavy atom. The second-order valence-electron chi connectivity index (χ2n) is 5.51. The van der Waals surface area contributed by atoms with Gasteiger partial charge in [-0.1, -0.05) is 18.2 Å². The maximum absolute atomic E-state index is 11.5. The number of fused-ring (bicyclic) bond motifs is 1. The Bertz CT molecular complexity index is 1040. The Hall–Kier alpha value is -2.32. The topological polar surface area (TPSA) is 74.8 Å². The van der Waals surface area contributed by atoms with Crippen molar-refractivity contribution in [1.82, 2.24) is 0 Å². The van der Waals surface area contributed by atoms with Crippen LogP contribution < -0.4 is 9.29 Å².